The van der Waals surface area contributed by atoms with E-state index in [1.54, 1.807) is 6.07 Å². The van der Waals surface area contributed by atoms with Gasteiger partial charge in [-0.25, -0.2) is 8.42 Å². The standard InChI is InChI=1S/C22H16F3N3O6S3/c23-22(24,25)34-16-8-12(1-2-18(16)37(30,31)28-3-5-32-6-4-28)15-11-26-10-13-7-14(33-19(13)15)9-17-20(29)27-21(35)36-17/h1-2,7-11H,3-6H2,(H,27,29,35)/b17-9-. The van der Waals surface area contributed by atoms with E-state index >= 15 is 0 Å². The molecule has 0 unspecified atom stereocenters. The number of hydrogen-bond donors (Lipinski definition) is 1. The summed E-state index contributed by atoms with van der Waals surface area (Å²) in [6.07, 6.45) is -0.791. The van der Waals surface area contributed by atoms with E-state index in [1.807, 2.05) is 0 Å². The topological polar surface area (TPSA) is 111 Å². The summed E-state index contributed by atoms with van der Waals surface area (Å²) < 4.78 is 82.5. The van der Waals surface area contributed by atoms with Crippen LogP contribution in [0, 0.1) is 0 Å². The fraction of sp³-hybridized carbons (Fsp3) is 0.227. The Hall–Kier alpha value is -2.98. The first kappa shape index (κ1) is 25.7. The van der Waals surface area contributed by atoms with Crippen LogP contribution in [0.5, 0.6) is 5.75 Å². The lowest BCUT2D eigenvalue weighted by atomic mass is 10.1. The minimum Gasteiger partial charge on any atom is -0.456 e. The number of pyridine rings is 1. The molecule has 2 aromatic heterocycles. The third-order valence-corrected chi connectivity index (χ3v) is 8.53. The normalized spacial score (nSPS) is 18.5. The zero-order valence-corrected chi connectivity index (χ0v) is 21.0. The third-order valence-electron chi connectivity index (χ3n) is 5.43. The monoisotopic (exact) mass is 571 g/mol. The van der Waals surface area contributed by atoms with Crippen molar-refractivity contribution in [1.82, 2.24) is 14.6 Å². The van der Waals surface area contributed by atoms with Crippen LogP contribution in [0.2, 0.25) is 0 Å². The van der Waals surface area contributed by atoms with E-state index in [0.29, 0.717) is 25.9 Å². The molecule has 0 spiro atoms. The van der Waals surface area contributed by atoms with Gasteiger partial charge in [-0.15, -0.1) is 13.2 Å². The lowest BCUT2D eigenvalue weighted by molar-refractivity contribution is -0.275. The van der Waals surface area contributed by atoms with Crippen LogP contribution >= 0.6 is 24.0 Å². The number of halogens is 3. The number of carbonyl (C=O) groups excluding carboxylic acids is 1. The molecule has 0 saturated carbocycles. The highest BCUT2D eigenvalue weighted by Gasteiger charge is 2.36. The molecular weight excluding hydrogens is 555 g/mol. The van der Waals surface area contributed by atoms with E-state index in [9.17, 15) is 26.4 Å². The second kappa shape index (κ2) is 9.72. The summed E-state index contributed by atoms with van der Waals surface area (Å²) in [5, 5.41) is 3.00. The third kappa shape index (κ3) is 5.36. The van der Waals surface area contributed by atoms with E-state index < -0.39 is 27.0 Å². The molecule has 1 N–H and O–H groups in total. The predicted molar refractivity (Wildman–Crippen MR) is 132 cm³/mol. The number of fused-ring (bicyclic) bond motifs is 1. The van der Waals surface area contributed by atoms with E-state index in [1.165, 1.54) is 24.5 Å². The SMILES string of the molecule is O=C1NC(=S)S/C1=C\c1cc2cncc(-c3ccc(S(=O)(=O)N4CCOCC4)c(OC(F)(F)F)c3)c2o1. The van der Waals surface area contributed by atoms with Gasteiger partial charge >= 0.3 is 6.36 Å². The zero-order chi connectivity index (χ0) is 26.4. The maximum absolute atomic E-state index is 13.3. The molecule has 2 aliphatic rings. The van der Waals surface area contributed by atoms with Crippen molar-refractivity contribution in [3.05, 3.63) is 47.3 Å². The van der Waals surface area contributed by atoms with Crippen LogP contribution < -0.4 is 10.1 Å². The Morgan fingerprint density at radius 3 is 2.62 bits per heavy atom. The minimum absolute atomic E-state index is 0.00444. The van der Waals surface area contributed by atoms with E-state index in [0.717, 1.165) is 28.2 Å². The Morgan fingerprint density at radius 1 is 1.19 bits per heavy atom. The lowest BCUT2D eigenvalue weighted by Gasteiger charge is -2.27. The number of alkyl halides is 3. The molecule has 15 heteroatoms. The predicted octanol–water partition coefficient (Wildman–Crippen LogP) is 3.90. The van der Waals surface area contributed by atoms with Gasteiger partial charge in [0, 0.05) is 42.5 Å². The number of hydrogen-bond acceptors (Lipinski definition) is 9. The van der Waals surface area contributed by atoms with Crippen LogP contribution in [0.3, 0.4) is 0 Å². The van der Waals surface area contributed by atoms with Gasteiger partial charge in [-0.3, -0.25) is 9.78 Å². The molecule has 0 atom stereocenters. The number of aromatic nitrogens is 1. The van der Waals surface area contributed by atoms with E-state index in [4.69, 9.17) is 21.4 Å². The van der Waals surface area contributed by atoms with Crippen LogP contribution in [0.4, 0.5) is 13.2 Å². The van der Waals surface area contributed by atoms with Gasteiger partial charge in [-0.2, -0.15) is 4.31 Å². The fourth-order valence-electron chi connectivity index (χ4n) is 3.83. The summed E-state index contributed by atoms with van der Waals surface area (Å²) >= 11 is 6.04. The molecule has 1 aromatic carbocycles. The maximum Gasteiger partial charge on any atom is 0.573 e. The summed E-state index contributed by atoms with van der Waals surface area (Å²) in [4.78, 5) is 15.8. The van der Waals surface area contributed by atoms with Gasteiger partial charge in [0.2, 0.25) is 10.0 Å². The smallest absolute Gasteiger partial charge is 0.456 e. The first-order valence-corrected chi connectivity index (χ1v) is 13.3. The van der Waals surface area contributed by atoms with Crippen molar-refractivity contribution >= 4 is 61.3 Å². The highest BCUT2D eigenvalue weighted by atomic mass is 32.2. The average molecular weight is 572 g/mol. The van der Waals surface area contributed by atoms with Crippen LogP contribution in [0.25, 0.3) is 28.2 Å². The number of sulfonamides is 1. The Balaban J connectivity index is 1.58. The number of amides is 1. The van der Waals surface area contributed by atoms with Crippen LogP contribution in [0.1, 0.15) is 5.76 Å². The van der Waals surface area contributed by atoms with Crippen LogP contribution in [-0.2, 0) is 19.6 Å². The van der Waals surface area contributed by atoms with Crippen molar-refractivity contribution < 1.29 is 40.3 Å². The van der Waals surface area contributed by atoms with Gasteiger partial charge in [0.25, 0.3) is 5.91 Å². The second-order valence-corrected chi connectivity index (χ2v) is 11.5. The molecule has 9 nitrogen and oxygen atoms in total. The number of benzene rings is 1. The van der Waals surface area contributed by atoms with Crippen molar-refractivity contribution in [2.75, 3.05) is 26.3 Å². The number of thiocarbonyl (C=S) groups is 1. The average Bonchev–Trinajstić information content (AvgIpc) is 3.39. The summed E-state index contributed by atoms with van der Waals surface area (Å²) in [5.74, 6) is -0.959. The molecule has 0 radical (unpaired) electrons. The summed E-state index contributed by atoms with van der Waals surface area (Å²) in [6.45, 7) is 0.266. The molecule has 0 bridgehead atoms. The Labute approximate surface area is 217 Å². The quantitative estimate of drug-likeness (QED) is 0.360. The van der Waals surface area contributed by atoms with E-state index in [-0.39, 0.29) is 43.4 Å². The molecule has 1 amide bonds. The number of carbonyl (C=O) groups is 1. The summed E-state index contributed by atoms with van der Waals surface area (Å²) in [7, 11) is -4.29. The van der Waals surface area contributed by atoms with Crippen LogP contribution in [0.15, 0.2) is 50.9 Å². The fourth-order valence-corrected chi connectivity index (χ4v) is 6.36. The molecule has 2 saturated heterocycles. The van der Waals surface area contributed by atoms with Gasteiger partial charge in [0.15, 0.2) is 0 Å². The second-order valence-electron chi connectivity index (χ2n) is 7.83. The highest BCUT2D eigenvalue weighted by molar-refractivity contribution is 8.26. The van der Waals surface area contributed by atoms with Gasteiger partial charge in [-0.1, -0.05) is 30.0 Å². The van der Waals surface area contributed by atoms with Gasteiger partial charge < -0.3 is 19.2 Å². The van der Waals surface area contributed by atoms with Gasteiger partial charge in [0.1, 0.15) is 26.3 Å². The molecule has 37 heavy (non-hydrogen) atoms. The van der Waals surface area contributed by atoms with Gasteiger partial charge in [0.05, 0.1) is 18.1 Å². The van der Waals surface area contributed by atoms with Crippen molar-refractivity contribution in [1.29, 1.82) is 0 Å². The Kier molecular flexibility index (Phi) is 6.74. The largest absolute Gasteiger partial charge is 0.573 e. The summed E-state index contributed by atoms with van der Waals surface area (Å²) in [5.41, 5.74) is 0.749. The molecule has 3 aromatic rings. The van der Waals surface area contributed by atoms with Crippen molar-refractivity contribution in [3.8, 4) is 16.9 Å². The highest BCUT2D eigenvalue weighted by Crippen LogP contribution is 2.38. The molecule has 0 aliphatic carbocycles. The zero-order valence-electron chi connectivity index (χ0n) is 18.6. The number of furan rings is 1. The Bertz CT molecular complexity index is 1550. The number of nitrogens with zero attached hydrogens (tertiary/aromatic N) is 2. The Morgan fingerprint density at radius 2 is 1.95 bits per heavy atom. The van der Waals surface area contributed by atoms with E-state index in [2.05, 4.69) is 15.0 Å². The number of nitrogens with one attached hydrogen (secondary N) is 1. The van der Waals surface area contributed by atoms with Crippen LogP contribution in [-0.4, -0.2) is 60.6 Å². The lowest BCUT2D eigenvalue weighted by Crippen LogP contribution is -2.40. The number of ether oxygens (including phenoxy) is 2. The molecule has 2 fully saturated rings. The number of rotatable bonds is 5. The molecular formula is C22H16F3N3O6S3. The molecule has 5 rings (SSSR count). The van der Waals surface area contributed by atoms with Crippen molar-refractivity contribution in [3.63, 3.8) is 0 Å². The first-order valence-electron chi connectivity index (χ1n) is 10.6. The maximum atomic E-state index is 13.3. The molecule has 2 aliphatic heterocycles. The minimum atomic E-state index is -5.14. The number of thioether (sulfide) groups is 1. The van der Waals surface area contributed by atoms with Gasteiger partial charge in [-0.05, 0) is 23.8 Å². The summed E-state index contributed by atoms with van der Waals surface area (Å²) in [6, 6.07) is 5.01. The van der Waals surface area contributed by atoms with Crippen molar-refractivity contribution in [2.24, 2.45) is 0 Å². The molecule has 4 heterocycles. The molecule has 194 valence electrons. The van der Waals surface area contributed by atoms with Crippen molar-refractivity contribution in [2.45, 2.75) is 11.3 Å². The first-order chi connectivity index (χ1) is 17.5. The number of morpholine rings is 1.